The summed E-state index contributed by atoms with van der Waals surface area (Å²) in [7, 11) is 0. The molecule has 0 saturated carbocycles. The van der Waals surface area contributed by atoms with E-state index in [2.05, 4.69) is 5.32 Å². The van der Waals surface area contributed by atoms with E-state index in [-0.39, 0.29) is 11.8 Å². The Balaban J connectivity index is 2.60. The van der Waals surface area contributed by atoms with Crippen molar-refractivity contribution in [2.24, 2.45) is 5.92 Å². The number of amides is 1. The van der Waals surface area contributed by atoms with Gasteiger partial charge < -0.3 is 5.32 Å². The van der Waals surface area contributed by atoms with Crippen LogP contribution in [0.15, 0.2) is 24.3 Å². The standard InChI is InChI=1S/C12H17NO/c1-4-10(3)12(14)13-11-7-5-9(2)6-8-11/h5-8,10H,4H2,1-3H3,(H,13,14). The molecule has 2 heteroatoms. The first kappa shape index (κ1) is 10.8. The van der Waals surface area contributed by atoms with E-state index in [0.29, 0.717) is 0 Å². The van der Waals surface area contributed by atoms with Crippen molar-refractivity contribution >= 4 is 11.6 Å². The summed E-state index contributed by atoms with van der Waals surface area (Å²) in [5.74, 6) is 0.174. The largest absolute Gasteiger partial charge is 0.326 e. The minimum absolute atomic E-state index is 0.0799. The van der Waals surface area contributed by atoms with Gasteiger partial charge in [0.2, 0.25) is 5.91 Å². The van der Waals surface area contributed by atoms with Crippen LogP contribution in [0.2, 0.25) is 0 Å². The van der Waals surface area contributed by atoms with Crippen molar-refractivity contribution < 1.29 is 4.79 Å². The van der Waals surface area contributed by atoms with Crippen LogP contribution in [0.25, 0.3) is 0 Å². The summed E-state index contributed by atoms with van der Waals surface area (Å²) in [4.78, 5) is 11.5. The summed E-state index contributed by atoms with van der Waals surface area (Å²) in [5, 5.41) is 2.88. The lowest BCUT2D eigenvalue weighted by molar-refractivity contribution is -0.119. The van der Waals surface area contributed by atoms with E-state index in [1.807, 2.05) is 45.0 Å². The zero-order valence-electron chi connectivity index (χ0n) is 9.00. The number of carbonyl (C=O) groups excluding carboxylic acids is 1. The molecule has 0 aliphatic rings. The highest BCUT2D eigenvalue weighted by atomic mass is 16.1. The minimum Gasteiger partial charge on any atom is -0.326 e. The van der Waals surface area contributed by atoms with Gasteiger partial charge in [-0.2, -0.15) is 0 Å². The maximum Gasteiger partial charge on any atom is 0.227 e. The van der Waals surface area contributed by atoms with Gasteiger partial charge in [-0.3, -0.25) is 4.79 Å². The summed E-state index contributed by atoms with van der Waals surface area (Å²) in [6.45, 7) is 5.98. The number of nitrogens with one attached hydrogen (secondary N) is 1. The van der Waals surface area contributed by atoms with Gasteiger partial charge in [-0.05, 0) is 25.5 Å². The first-order valence-corrected chi connectivity index (χ1v) is 5.01. The monoisotopic (exact) mass is 191 g/mol. The van der Waals surface area contributed by atoms with Crippen molar-refractivity contribution in [3.05, 3.63) is 29.8 Å². The molecule has 0 fully saturated rings. The Morgan fingerprint density at radius 3 is 2.43 bits per heavy atom. The van der Waals surface area contributed by atoms with Crippen molar-refractivity contribution in [3.63, 3.8) is 0 Å². The first-order valence-electron chi connectivity index (χ1n) is 5.01. The smallest absolute Gasteiger partial charge is 0.227 e. The van der Waals surface area contributed by atoms with Gasteiger partial charge in [0.15, 0.2) is 0 Å². The van der Waals surface area contributed by atoms with Gasteiger partial charge in [0, 0.05) is 11.6 Å². The molecule has 1 rings (SSSR count). The van der Waals surface area contributed by atoms with Crippen LogP contribution in [0, 0.1) is 12.8 Å². The van der Waals surface area contributed by atoms with E-state index < -0.39 is 0 Å². The molecule has 1 amide bonds. The molecule has 0 radical (unpaired) electrons. The molecule has 2 nitrogen and oxygen atoms in total. The van der Waals surface area contributed by atoms with Gasteiger partial charge in [0.1, 0.15) is 0 Å². The summed E-state index contributed by atoms with van der Waals surface area (Å²) in [6.07, 6.45) is 0.873. The van der Waals surface area contributed by atoms with Crippen molar-refractivity contribution in [1.29, 1.82) is 0 Å². The van der Waals surface area contributed by atoms with E-state index in [9.17, 15) is 4.79 Å². The van der Waals surface area contributed by atoms with Gasteiger partial charge in [0.05, 0.1) is 0 Å². The highest BCUT2D eigenvalue weighted by Gasteiger charge is 2.09. The van der Waals surface area contributed by atoms with Gasteiger partial charge >= 0.3 is 0 Å². The number of rotatable bonds is 3. The Morgan fingerprint density at radius 2 is 1.93 bits per heavy atom. The lowest BCUT2D eigenvalue weighted by atomic mass is 10.1. The van der Waals surface area contributed by atoms with Gasteiger partial charge in [-0.1, -0.05) is 31.5 Å². The van der Waals surface area contributed by atoms with Crippen LogP contribution >= 0.6 is 0 Å². The SMILES string of the molecule is CCC(C)C(=O)Nc1ccc(C)cc1. The lowest BCUT2D eigenvalue weighted by Crippen LogP contribution is -2.19. The third-order valence-corrected chi connectivity index (χ3v) is 2.38. The van der Waals surface area contributed by atoms with E-state index in [1.54, 1.807) is 0 Å². The molecule has 0 saturated heterocycles. The van der Waals surface area contributed by atoms with Gasteiger partial charge in [0.25, 0.3) is 0 Å². The maximum atomic E-state index is 11.5. The van der Waals surface area contributed by atoms with E-state index in [1.165, 1.54) is 5.56 Å². The van der Waals surface area contributed by atoms with Crippen LogP contribution in [0.4, 0.5) is 5.69 Å². The predicted molar refractivity (Wildman–Crippen MR) is 59.3 cm³/mol. The predicted octanol–water partition coefficient (Wildman–Crippen LogP) is 2.98. The molecule has 0 aliphatic heterocycles. The fourth-order valence-corrected chi connectivity index (χ4v) is 1.09. The molecular formula is C12H17NO. The quantitative estimate of drug-likeness (QED) is 0.781. The second-order valence-electron chi connectivity index (χ2n) is 3.66. The van der Waals surface area contributed by atoms with E-state index in [4.69, 9.17) is 0 Å². The summed E-state index contributed by atoms with van der Waals surface area (Å²) in [6, 6.07) is 7.84. The third-order valence-electron chi connectivity index (χ3n) is 2.38. The van der Waals surface area contributed by atoms with Crippen LogP contribution in [-0.4, -0.2) is 5.91 Å². The number of hydrogen-bond donors (Lipinski definition) is 1. The molecule has 1 unspecified atom stereocenters. The molecule has 1 aromatic rings. The van der Waals surface area contributed by atoms with E-state index >= 15 is 0 Å². The Kier molecular flexibility index (Phi) is 3.69. The van der Waals surface area contributed by atoms with Crippen LogP contribution in [0.1, 0.15) is 25.8 Å². The normalized spacial score (nSPS) is 12.2. The molecular weight excluding hydrogens is 174 g/mol. The molecule has 14 heavy (non-hydrogen) atoms. The maximum absolute atomic E-state index is 11.5. The fourth-order valence-electron chi connectivity index (χ4n) is 1.09. The number of anilines is 1. The first-order chi connectivity index (χ1) is 6.63. The Morgan fingerprint density at radius 1 is 1.36 bits per heavy atom. The zero-order chi connectivity index (χ0) is 10.6. The molecule has 0 heterocycles. The third kappa shape index (κ3) is 2.87. The molecule has 0 aliphatic carbocycles. The zero-order valence-corrected chi connectivity index (χ0v) is 9.00. The van der Waals surface area contributed by atoms with Crippen LogP contribution < -0.4 is 5.32 Å². The number of benzene rings is 1. The minimum atomic E-state index is 0.0799. The van der Waals surface area contributed by atoms with Gasteiger partial charge in [-0.25, -0.2) is 0 Å². The fraction of sp³-hybridized carbons (Fsp3) is 0.417. The number of hydrogen-bond acceptors (Lipinski definition) is 1. The van der Waals surface area contributed by atoms with Crippen molar-refractivity contribution in [1.82, 2.24) is 0 Å². The number of carbonyl (C=O) groups is 1. The van der Waals surface area contributed by atoms with Crippen molar-refractivity contribution in [2.75, 3.05) is 5.32 Å². The lowest BCUT2D eigenvalue weighted by Gasteiger charge is -2.09. The van der Waals surface area contributed by atoms with Crippen molar-refractivity contribution in [2.45, 2.75) is 27.2 Å². The summed E-state index contributed by atoms with van der Waals surface area (Å²) in [5.41, 5.74) is 2.08. The van der Waals surface area contributed by atoms with Crippen LogP contribution in [-0.2, 0) is 4.79 Å². The van der Waals surface area contributed by atoms with E-state index in [0.717, 1.165) is 12.1 Å². The number of aryl methyl sites for hydroxylation is 1. The topological polar surface area (TPSA) is 29.1 Å². The average molecular weight is 191 g/mol. The molecule has 0 spiro atoms. The van der Waals surface area contributed by atoms with Crippen LogP contribution in [0.5, 0.6) is 0 Å². The highest BCUT2D eigenvalue weighted by Crippen LogP contribution is 2.11. The molecule has 1 N–H and O–H groups in total. The van der Waals surface area contributed by atoms with Gasteiger partial charge in [-0.15, -0.1) is 0 Å². The second kappa shape index (κ2) is 4.80. The molecule has 0 aromatic heterocycles. The summed E-state index contributed by atoms with van der Waals surface area (Å²) < 4.78 is 0. The summed E-state index contributed by atoms with van der Waals surface area (Å²) >= 11 is 0. The second-order valence-corrected chi connectivity index (χ2v) is 3.66. The van der Waals surface area contributed by atoms with Crippen molar-refractivity contribution in [3.8, 4) is 0 Å². The Hall–Kier alpha value is -1.31. The molecule has 0 bridgehead atoms. The van der Waals surface area contributed by atoms with Crippen LogP contribution in [0.3, 0.4) is 0 Å². The average Bonchev–Trinajstić information content (AvgIpc) is 2.20. The molecule has 1 aromatic carbocycles. The Labute approximate surface area is 85.3 Å². The highest BCUT2D eigenvalue weighted by molar-refractivity contribution is 5.92. The molecule has 76 valence electrons. The molecule has 1 atom stereocenters. The Bertz CT molecular complexity index is 303.